The molecule has 6 nitrogen and oxygen atoms in total. The number of likely N-dealkylation sites (tertiary alicyclic amines) is 1. The summed E-state index contributed by atoms with van der Waals surface area (Å²) in [5.74, 6) is 0. The first-order valence-corrected chi connectivity index (χ1v) is 10.9. The molecule has 0 spiro atoms. The van der Waals surface area contributed by atoms with Gasteiger partial charge in [0.15, 0.2) is 0 Å². The fourth-order valence-electron chi connectivity index (χ4n) is 3.88. The van der Waals surface area contributed by atoms with Crippen LogP contribution in [-0.2, 0) is 10.2 Å². The number of benzene rings is 2. The Balaban J connectivity index is 1.53. The van der Waals surface area contributed by atoms with Crippen molar-refractivity contribution in [2.45, 2.75) is 25.3 Å². The highest BCUT2D eigenvalue weighted by Crippen LogP contribution is 2.44. The molecule has 1 saturated heterocycles. The zero-order chi connectivity index (χ0) is 18.9. The molecule has 2 heterocycles. The highest BCUT2D eigenvalue weighted by Gasteiger charge is 2.40. The topological polar surface area (TPSA) is 69.9 Å². The summed E-state index contributed by atoms with van der Waals surface area (Å²) in [4.78, 5) is 2.38. The molecule has 4 rings (SSSR count). The molecule has 2 aromatic rings. The molecule has 144 valence electrons. The molecular weight excluding hydrogens is 360 g/mol. The Morgan fingerprint density at radius 3 is 2.22 bits per heavy atom. The van der Waals surface area contributed by atoms with Crippen LogP contribution >= 0.6 is 0 Å². The molecule has 0 saturated carbocycles. The number of rotatable bonds is 5. The summed E-state index contributed by atoms with van der Waals surface area (Å²) in [5, 5.41) is 0. The van der Waals surface area contributed by atoms with Gasteiger partial charge in [-0.05, 0) is 63.2 Å². The van der Waals surface area contributed by atoms with Crippen LogP contribution in [0, 0.1) is 0 Å². The molecule has 0 atom stereocenters. The molecule has 0 radical (unpaired) electrons. The minimum atomic E-state index is -3.62. The van der Waals surface area contributed by atoms with Crippen molar-refractivity contribution in [2.24, 2.45) is 5.73 Å². The van der Waals surface area contributed by atoms with E-state index in [4.69, 9.17) is 5.73 Å². The Morgan fingerprint density at radius 2 is 1.52 bits per heavy atom. The van der Waals surface area contributed by atoms with E-state index in [1.165, 1.54) is 4.31 Å². The van der Waals surface area contributed by atoms with Crippen molar-refractivity contribution < 1.29 is 8.42 Å². The van der Waals surface area contributed by atoms with Crippen molar-refractivity contribution in [2.75, 3.05) is 34.8 Å². The zero-order valence-electron chi connectivity index (χ0n) is 15.4. The maximum atomic E-state index is 13.3. The minimum Gasteiger partial charge on any atom is -0.328 e. The van der Waals surface area contributed by atoms with Crippen LogP contribution in [0.2, 0.25) is 0 Å². The second-order valence-corrected chi connectivity index (χ2v) is 8.90. The van der Waals surface area contributed by atoms with E-state index in [1.807, 2.05) is 54.6 Å². The Hall–Kier alpha value is -2.09. The predicted octanol–water partition coefficient (Wildman–Crippen LogP) is 2.70. The van der Waals surface area contributed by atoms with Crippen molar-refractivity contribution >= 4 is 27.3 Å². The molecule has 0 amide bonds. The average Bonchev–Trinajstić information content (AvgIpc) is 2.90. The van der Waals surface area contributed by atoms with Gasteiger partial charge in [-0.15, -0.1) is 0 Å². The number of nitrogens with two attached hydrogens (primary N) is 1. The van der Waals surface area contributed by atoms with E-state index in [0.29, 0.717) is 24.0 Å². The molecule has 0 bridgehead atoms. The lowest BCUT2D eigenvalue weighted by molar-refractivity contribution is 0.212. The molecule has 2 aliphatic rings. The fourth-order valence-corrected chi connectivity index (χ4v) is 5.63. The lowest BCUT2D eigenvalue weighted by atomic mass is 10.1. The second kappa shape index (κ2) is 7.50. The second-order valence-electron chi connectivity index (χ2n) is 7.20. The van der Waals surface area contributed by atoms with Gasteiger partial charge in [0.25, 0.3) is 0 Å². The number of piperidine rings is 1. The van der Waals surface area contributed by atoms with E-state index in [2.05, 4.69) is 4.90 Å². The first-order valence-electron chi connectivity index (χ1n) is 9.52. The molecule has 2 aromatic carbocycles. The lowest BCUT2D eigenvalue weighted by Gasteiger charge is -2.30. The number of hydrogen-bond donors (Lipinski definition) is 1. The normalized spacial score (nSPS) is 20.0. The van der Waals surface area contributed by atoms with Crippen molar-refractivity contribution in [3.63, 3.8) is 0 Å². The minimum absolute atomic E-state index is 0.312. The molecule has 0 aromatic heterocycles. The highest BCUT2D eigenvalue weighted by molar-refractivity contribution is 7.95. The van der Waals surface area contributed by atoms with Gasteiger partial charge in [-0.3, -0.25) is 4.31 Å². The van der Waals surface area contributed by atoms with Gasteiger partial charge in [0.2, 0.25) is 0 Å². The van der Waals surface area contributed by atoms with Gasteiger partial charge in [0.1, 0.15) is 0 Å². The summed E-state index contributed by atoms with van der Waals surface area (Å²) in [6.45, 7) is 3.37. The third-order valence-electron chi connectivity index (χ3n) is 5.34. The molecule has 2 aliphatic heterocycles. The molecule has 7 heteroatoms. The van der Waals surface area contributed by atoms with Gasteiger partial charge < -0.3 is 10.6 Å². The number of para-hydroxylation sites is 3. The van der Waals surface area contributed by atoms with Crippen molar-refractivity contribution in [3.05, 3.63) is 54.6 Å². The lowest BCUT2D eigenvalue weighted by Crippen LogP contribution is -2.41. The largest absolute Gasteiger partial charge is 0.330 e. The van der Waals surface area contributed by atoms with E-state index < -0.39 is 10.2 Å². The predicted molar refractivity (Wildman–Crippen MR) is 110 cm³/mol. The van der Waals surface area contributed by atoms with Crippen LogP contribution in [0.5, 0.6) is 0 Å². The SMILES string of the molecule is NC1CCN(CCCN2c3ccccc3N(c3ccccc3)S2(=O)=O)CC1. The van der Waals surface area contributed by atoms with Gasteiger partial charge in [-0.1, -0.05) is 30.3 Å². The maximum absolute atomic E-state index is 13.3. The van der Waals surface area contributed by atoms with Gasteiger partial charge in [0.05, 0.1) is 17.1 Å². The van der Waals surface area contributed by atoms with Crippen LogP contribution in [0.15, 0.2) is 54.6 Å². The van der Waals surface area contributed by atoms with E-state index in [-0.39, 0.29) is 0 Å². The Morgan fingerprint density at radius 1 is 0.889 bits per heavy atom. The monoisotopic (exact) mass is 386 g/mol. The molecule has 0 aliphatic carbocycles. The van der Waals surface area contributed by atoms with Crippen LogP contribution < -0.4 is 14.3 Å². The maximum Gasteiger partial charge on any atom is 0.330 e. The van der Waals surface area contributed by atoms with Gasteiger partial charge in [0, 0.05) is 12.6 Å². The van der Waals surface area contributed by atoms with E-state index in [1.54, 1.807) is 4.31 Å². The van der Waals surface area contributed by atoms with Gasteiger partial charge in [-0.2, -0.15) is 8.42 Å². The smallest absolute Gasteiger partial charge is 0.328 e. The highest BCUT2D eigenvalue weighted by atomic mass is 32.2. The molecule has 0 unspecified atom stereocenters. The van der Waals surface area contributed by atoms with Crippen LogP contribution in [0.25, 0.3) is 0 Å². The molecular formula is C20H26N4O2S. The van der Waals surface area contributed by atoms with Crippen LogP contribution in [0.1, 0.15) is 19.3 Å². The summed E-state index contributed by atoms with van der Waals surface area (Å²) in [7, 11) is -3.62. The summed E-state index contributed by atoms with van der Waals surface area (Å²) in [6.07, 6.45) is 2.84. The molecule has 2 N–H and O–H groups in total. The van der Waals surface area contributed by atoms with Crippen molar-refractivity contribution in [3.8, 4) is 0 Å². The third-order valence-corrected chi connectivity index (χ3v) is 7.14. The number of nitrogens with zero attached hydrogens (tertiary/aromatic N) is 3. The van der Waals surface area contributed by atoms with Gasteiger partial charge >= 0.3 is 10.2 Å². The Bertz CT molecular complexity index is 880. The summed E-state index contributed by atoms with van der Waals surface area (Å²) < 4.78 is 29.6. The Labute approximate surface area is 161 Å². The van der Waals surface area contributed by atoms with E-state index in [9.17, 15) is 8.42 Å². The van der Waals surface area contributed by atoms with Crippen LogP contribution in [-0.4, -0.2) is 45.5 Å². The quantitative estimate of drug-likeness (QED) is 0.858. The zero-order valence-corrected chi connectivity index (χ0v) is 16.2. The number of fused-ring (bicyclic) bond motifs is 1. The average molecular weight is 387 g/mol. The first-order chi connectivity index (χ1) is 13.1. The van der Waals surface area contributed by atoms with E-state index in [0.717, 1.165) is 44.6 Å². The first kappa shape index (κ1) is 18.3. The summed E-state index contributed by atoms with van der Waals surface area (Å²) in [6, 6.07) is 17.1. The molecule has 27 heavy (non-hydrogen) atoms. The van der Waals surface area contributed by atoms with Crippen molar-refractivity contribution in [1.29, 1.82) is 0 Å². The van der Waals surface area contributed by atoms with E-state index >= 15 is 0 Å². The van der Waals surface area contributed by atoms with Crippen molar-refractivity contribution in [1.82, 2.24) is 4.90 Å². The number of hydrogen-bond acceptors (Lipinski definition) is 4. The van der Waals surface area contributed by atoms with Gasteiger partial charge in [-0.25, -0.2) is 4.31 Å². The van der Waals surface area contributed by atoms with Crippen LogP contribution in [0.4, 0.5) is 17.1 Å². The fraction of sp³-hybridized carbons (Fsp3) is 0.400. The summed E-state index contributed by atoms with van der Waals surface area (Å²) >= 11 is 0. The third kappa shape index (κ3) is 3.54. The van der Waals surface area contributed by atoms with Crippen LogP contribution in [0.3, 0.4) is 0 Å². The summed E-state index contributed by atoms with van der Waals surface area (Å²) in [5.41, 5.74) is 8.10. The molecule has 1 fully saturated rings. The Kier molecular flexibility index (Phi) is 5.08. The standard InChI is InChI=1S/C20H26N4O2S/c21-17-11-15-22(16-12-17)13-6-14-23-19-9-4-5-10-20(19)24(27(23,25)26)18-7-2-1-3-8-18/h1-5,7-10,17H,6,11-16,21H2. The number of anilines is 3.